The van der Waals surface area contributed by atoms with Crippen LogP contribution in [-0.4, -0.2) is 59.8 Å². The molecule has 1 saturated carbocycles. The van der Waals surface area contributed by atoms with Gasteiger partial charge < -0.3 is 14.2 Å². The quantitative estimate of drug-likeness (QED) is 0.776. The van der Waals surface area contributed by atoms with Gasteiger partial charge in [-0.25, -0.2) is 0 Å². The van der Waals surface area contributed by atoms with Gasteiger partial charge in [-0.05, 0) is 43.0 Å². The number of hydrogen-bond acceptors (Lipinski definition) is 6. The lowest BCUT2D eigenvalue weighted by atomic mass is 9.89. The molecule has 2 aromatic rings. The second kappa shape index (κ2) is 8.85. The topological polar surface area (TPSA) is 54.6 Å². The van der Waals surface area contributed by atoms with E-state index < -0.39 is 0 Å². The van der Waals surface area contributed by atoms with Gasteiger partial charge in [0.25, 0.3) is 0 Å². The summed E-state index contributed by atoms with van der Waals surface area (Å²) in [5.74, 6) is 3.09. The van der Waals surface area contributed by atoms with Crippen molar-refractivity contribution >= 4 is 0 Å². The first-order valence-electron chi connectivity index (χ1n) is 10.2. The summed E-state index contributed by atoms with van der Waals surface area (Å²) in [6, 6.07) is 7.74. The van der Waals surface area contributed by atoms with Crippen LogP contribution in [0.5, 0.6) is 5.75 Å². The first kappa shape index (κ1) is 18.4. The number of methoxy groups -OCH3 is 1. The van der Waals surface area contributed by atoms with Crippen molar-refractivity contribution in [3.05, 3.63) is 30.2 Å². The average molecular weight is 370 g/mol. The first-order chi connectivity index (χ1) is 13.3. The molecule has 146 valence electrons. The number of hydrogen-bond donors (Lipinski definition) is 0. The zero-order valence-electron chi connectivity index (χ0n) is 16.3. The second-order valence-corrected chi connectivity index (χ2v) is 7.82. The normalized spacial score (nSPS) is 20.0. The van der Waals surface area contributed by atoms with Crippen molar-refractivity contribution in [3.63, 3.8) is 0 Å². The highest BCUT2D eigenvalue weighted by Gasteiger charge is 2.22. The van der Waals surface area contributed by atoms with Crippen molar-refractivity contribution < 1.29 is 9.26 Å². The van der Waals surface area contributed by atoms with Crippen molar-refractivity contribution in [1.29, 1.82) is 0 Å². The molecule has 0 atom stereocenters. The van der Waals surface area contributed by atoms with Gasteiger partial charge >= 0.3 is 0 Å². The summed E-state index contributed by atoms with van der Waals surface area (Å²) in [6.07, 6.45) is 7.15. The second-order valence-electron chi connectivity index (χ2n) is 7.82. The molecule has 1 aromatic heterocycles. The Labute approximate surface area is 161 Å². The summed E-state index contributed by atoms with van der Waals surface area (Å²) in [7, 11) is 1.66. The van der Waals surface area contributed by atoms with Crippen LogP contribution >= 0.6 is 0 Å². The Morgan fingerprint density at radius 3 is 2.41 bits per heavy atom. The fourth-order valence-corrected chi connectivity index (χ4v) is 4.23. The first-order valence-corrected chi connectivity index (χ1v) is 10.2. The van der Waals surface area contributed by atoms with Crippen LogP contribution in [0.4, 0.5) is 0 Å². The van der Waals surface area contributed by atoms with Crippen molar-refractivity contribution in [2.45, 2.75) is 38.6 Å². The summed E-state index contributed by atoms with van der Waals surface area (Å²) < 4.78 is 10.7. The number of benzene rings is 1. The maximum Gasteiger partial charge on any atom is 0.241 e. The molecule has 4 rings (SSSR count). The molecule has 1 aromatic carbocycles. The molecule has 0 amide bonds. The van der Waals surface area contributed by atoms with E-state index in [9.17, 15) is 0 Å². The van der Waals surface area contributed by atoms with E-state index in [1.54, 1.807) is 7.11 Å². The Hall–Kier alpha value is -1.92. The Morgan fingerprint density at radius 2 is 1.70 bits per heavy atom. The monoisotopic (exact) mass is 370 g/mol. The van der Waals surface area contributed by atoms with Crippen molar-refractivity contribution in [1.82, 2.24) is 19.9 Å². The third kappa shape index (κ3) is 4.87. The number of ether oxygens (including phenoxy) is 1. The minimum atomic E-state index is 0.642. The molecule has 0 spiro atoms. The summed E-state index contributed by atoms with van der Waals surface area (Å²) in [5, 5.41) is 4.14. The van der Waals surface area contributed by atoms with E-state index in [0.29, 0.717) is 11.7 Å². The van der Waals surface area contributed by atoms with Crippen LogP contribution in [0, 0.1) is 5.92 Å². The number of nitrogens with zero attached hydrogens (tertiary/aromatic N) is 4. The fourth-order valence-electron chi connectivity index (χ4n) is 4.23. The van der Waals surface area contributed by atoms with E-state index in [4.69, 9.17) is 9.26 Å². The van der Waals surface area contributed by atoms with Crippen molar-refractivity contribution in [3.8, 4) is 17.1 Å². The largest absolute Gasteiger partial charge is 0.497 e. The van der Waals surface area contributed by atoms with Crippen LogP contribution in [0.2, 0.25) is 0 Å². The van der Waals surface area contributed by atoms with Gasteiger partial charge in [0.1, 0.15) is 5.75 Å². The Kier molecular flexibility index (Phi) is 6.04. The molecule has 2 fully saturated rings. The lowest BCUT2D eigenvalue weighted by Gasteiger charge is -2.36. The van der Waals surface area contributed by atoms with Crippen LogP contribution in [0.3, 0.4) is 0 Å². The van der Waals surface area contributed by atoms with Gasteiger partial charge in [0.15, 0.2) is 0 Å². The van der Waals surface area contributed by atoms with Crippen LogP contribution in [0.1, 0.15) is 38.0 Å². The molecule has 0 bridgehead atoms. The predicted octanol–water partition coefficient (Wildman–Crippen LogP) is 3.44. The molecule has 6 nitrogen and oxygen atoms in total. The maximum atomic E-state index is 5.48. The highest BCUT2D eigenvalue weighted by Crippen LogP contribution is 2.25. The van der Waals surface area contributed by atoms with Crippen molar-refractivity contribution in [2.75, 3.05) is 39.8 Å². The molecule has 0 unspecified atom stereocenters. The number of aromatic nitrogens is 2. The molecule has 0 N–H and O–H groups in total. The SMILES string of the molecule is COc1ccc(-c2noc(CN3CCN(CC4CCCCC4)CC3)n2)cc1. The maximum absolute atomic E-state index is 5.48. The molecule has 6 heteroatoms. The van der Waals surface area contributed by atoms with Crippen LogP contribution < -0.4 is 4.74 Å². The molecule has 1 aliphatic heterocycles. The van der Waals surface area contributed by atoms with Gasteiger partial charge in [-0.2, -0.15) is 4.98 Å². The van der Waals surface area contributed by atoms with E-state index in [0.717, 1.165) is 50.0 Å². The average Bonchev–Trinajstić information content (AvgIpc) is 3.19. The summed E-state index contributed by atoms with van der Waals surface area (Å²) in [4.78, 5) is 9.63. The van der Waals surface area contributed by atoms with Crippen LogP contribution in [-0.2, 0) is 6.54 Å². The molecular formula is C21H30N4O2. The summed E-state index contributed by atoms with van der Waals surface area (Å²) >= 11 is 0. The van der Waals surface area contributed by atoms with Gasteiger partial charge in [-0.1, -0.05) is 24.4 Å². The Balaban J connectivity index is 1.26. The van der Waals surface area contributed by atoms with E-state index in [2.05, 4.69) is 19.9 Å². The van der Waals surface area contributed by atoms with Crippen LogP contribution in [0.25, 0.3) is 11.4 Å². The summed E-state index contributed by atoms with van der Waals surface area (Å²) in [5.41, 5.74) is 0.947. The Bertz CT molecular complexity index is 701. The standard InChI is InChI=1S/C21H30N4O2/c1-26-19-9-7-18(8-10-19)21-22-20(27-23-21)16-25-13-11-24(12-14-25)15-17-5-3-2-4-6-17/h7-10,17H,2-6,11-16H2,1H3. The highest BCUT2D eigenvalue weighted by molar-refractivity contribution is 5.55. The molecule has 2 heterocycles. The minimum absolute atomic E-state index is 0.642. The van der Waals surface area contributed by atoms with Gasteiger partial charge in [-0.15, -0.1) is 0 Å². The predicted molar refractivity (Wildman–Crippen MR) is 105 cm³/mol. The van der Waals surface area contributed by atoms with E-state index >= 15 is 0 Å². The van der Waals surface area contributed by atoms with Gasteiger partial charge in [0, 0.05) is 38.3 Å². The molecule has 1 saturated heterocycles. The van der Waals surface area contributed by atoms with E-state index in [-0.39, 0.29) is 0 Å². The number of rotatable bonds is 6. The smallest absolute Gasteiger partial charge is 0.241 e. The van der Waals surface area contributed by atoms with Crippen LogP contribution in [0.15, 0.2) is 28.8 Å². The van der Waals surface area contributed by atoms with E-state index in [1.165, 1.54) is 38.6 Å². The fraction of sp³-hybridized carbons (Fsp3) is 0.619. The molecule has 0 radical (unpaired) electrons. The highest BCUT2D eigenvalue weighted by atomic mass is 16.5. The lowest BCUT2D eigenvalue weighted by Crippen LogP contribution is -2.47. The third-order valence-electron chi connectivity index (χ3n) is 5.88. The van der Waals surface area contributed by atoms with Gasteiger partial charge in [0.05, 0.1) is 13.7 Å². The third-order valence-corrected chi connectivity index (χ3v) is 5.88. The Morgan fingerprint density at radius 1 is 1.00 bits per heavy atom. The zero-order valence-corrected chi connectivity index (χ0v) is 16.3. The minimum Gasteiger partial charge on any atom is -0.497 e. The molecule has 27 heavy (non-hydrogen) atoms. The van der Waals surface area contributed by atoms with E-state index in [1.807, 2.05) is 24.3 Å². The zero-order chi connectivity index (χ0) is 18.5. The molecular weight excluding hydrogens is 340 g/mol. The van der Waals surface area contributed by atoms with Gasteiger partial charge in [-0.3, -0.25) is 4.90 Å². The van der Waals surface area contributed by atoms with Crippen molar-refractivity contribution in [2.24, 2.45) is 5.92 Å². The van der Waals surface area contributed by atoms with Gasteiger partial charge in [0.2, 0.25) is 11.7 Å². The molecule has 1 aliphatic carbocycles. The molecule has 2 aliphatic rings. The summed E-state index contributed by atoms with van der Waals surface area (Å²) in [6.45, 7) is 6.47. The number of piperazine rings is 1. The lowest BCUT2D eigenvalue weighted by molar-refractivity contribution is 0.0978.